The largest absolute Gasteiger partial charge is 0.360 e. The number of aromatic nitrogens is 3. The summed E-state index contributed by atoms with van der Waals surface area (Å²) in [6, 6.07) is 2.02. The third-order valence-electron chi connectivity index (χ3n) is 2.98. The third kappa shape index (κ3) is 4.47. The van der Waals surface area contributed by atoms with Gasteiger partial charge in [0.1, 0.15) is 0 Å². The maximum absolute atomic E-state index is 5.36. The van der Waals surface area contributed by atoms with Crippen LogP contribution in [0.5, 0.6) is 0 Å². The minimum Gasteiger partial charge on any atom is -0.360 e. The van der Waals surface area contributed by atoms with Crippen LogP contribution in [-0.4, -0.2) is 33.4 Å². The van der Waals surface area contributed by atoms with Crippen LogP contribution in [0.1, 0.15) is 30.4 Å². The molecule has 0 spiro atoms. The Hall–Kier alpha value is -1.66. The predicted molar refractivity (Wildman–Crippen MR) is 76.9 cm³/mol. The zero-order valence-electron chi connectivity index (χ0n) is 12.5. The van der Waals surface area contributed by atoms with Crippen LogP contribution in [0.15, 0.2) is 23.0 Å². The Kier molecular flexibility index (Phi) is 5.31. The molecule has 0 aliphatic carbocycles. The predicted octanol–water partition coefficient (Wildman–Crippen LogP) is 1.54. The number of hydrogen-bond acceptors (Lipinski definition) is 5. The van der Waals surface area contributed by atoms with E-state index >= 15 is 0 Å². The van der Waals surface area contributed by atoms with Crippen LogP contribution < -0.4 is 5.32 Å². The molecule has 6 heteroatoms. The van der Waals surface area contributed by atoms with E-state index in [1.807, 2.05) is 30.2 Å². The summed E-state index contributed by atoms with van der Waals surface area (Å²) < 4.78 is 7.17. The second-order valence-corrected chi connectivity index (χ2v) is 5.16. The number of hydrogen-bond donors (Lipinski definition) is 1. The van der Waals surface area contributed by atoms with E-state index in [9.17, 15) is 0 Å². The fourth-order valence-electron chi connectivity index (χ4n) is 2.09. The molecule has 2 heterocycles. The van der Waals surface area contributed by atoms with E-state index in [4.69, 9.17) is 4.52 Å². The summed E-state index contributed by atoms with van der Waals surface area (Å²) in [6.45, 7) is 5.51. The first-order valence-corrected chi connectivity index (χ1v) is 6.98. The quantitative estimate of drug-likeness (QED) is 0.742. The number of aryl methyl sites for hydroxylation is 1. The molecule has 2 rings (SSSR count). The molecule has 20 heavy (non-hydrogen) atoms. The van der Waals surface area contributed by atoms with Crippen molar-refractivity contribution in [3.8, 4) is 0 Å². The highest BCUT2D eigenvalue weighted by Gasteiger charge is 2.08. The number of rotatable bonds is 8. The van der Waals surface area contributed by atoms with Gasteiger partial charge in [-0.15, -0.1) is 0 Å². The lowest BCUT2D eigenvalue weighted by Crippen LogP contribution is -2.16. The summed E-state index contributed by atoms with van der Waals surface area (Å²) in [4.78, 5) is 2.18. The molecule has 6 nitrogen and oxygen atoms in total. The first-order chi connectivity index (χ1) is 9.67. The Morgan fingerprint density at radius 2 is 2.25 bits per heavy atom. The van der Waals surface area contributed by atoms with Gasteiger partial charge in [0.2, 0.25) is 0 Å². The molecule has 2 aromatic heterocycles. The lowest BCUT2D eigenvalue weighted by atomic mass is 10.3. The topological polar surface area (TPSA) is 59.1 Å². The Balaban J connectivity index is 1.80. The number of nitrogens with zero attached hydrogens (tertiary/aromatic N) is 4. The molecular weight excluding hydrogens is 254 g/mol. The van der Waals surface area contributed by atoms with Gasteiger partial charge in [0.25, 0.3) is 0 Å². The van der Waals surface area contributed by atoms with Gasteiger partial charge in [0.05, 0.1) is 18.4 Å². The molecule has 0 saturated heterocycles. The van der Waals surface area contributed by atoms with Crippen LogP contribution in [0.25, 0.3) is 0 Å². The van der Waals surface area contributed by atoms with Crippen molar-refractivity contribution in [2.75, 3.05) is 13.6 Å². The van der Waals surface area contributed by atoms with Gasteiger partial charge in [-0.25, -0.2) is 0 Å². The Morgan fingerprint density at radius 1 is 1.40 bits per heavy atom. The molecule has 0 fully saturated rings. The monoisotopic (exact) mass is 277 g/mol. The molecule has 2 aromatic rings. The first-order valence-electron chi connectivity index (χ1n) is 6.98. The van der Waals surface area contributed by atoms with E-state index in [0.717, 1.165) is 44.1 Å². The van der Waals surface area contributed by atoms with Gasteiger partial charge in [0.15, 0.2) is 5.76 Å². The van der Waals surface area contributed by atoms with Crippen LogP contribution in [0.2, 0.25) is 0 Å². The van der Waals surface area contributed by atoms with E-state index in [0.29, 0.717) is 0 Å². The van der Waals surface area contributed by atoms with Crippen LogP contribution in [0, 0.1) is 0 Å². The summed E-state index contributed by atoms with van der Waals surface area (Å²) >= 11 is 0. The van der Waals surface area contributed by atoms with Crippen molar-refractivity contribution >= 4 is 0 Å². The van der Waals surface area contributed by atoms with Gasteiger partial charge >= 0.3 is 0 Å². The maximum Gasteiger partial charge on any atom is 0.151 e. The van der Waals surface area contributed by atoms with Gasteiger partial charge in [-0.1, -0.05) is 12.1 Å². The van der Waals surface area contributed by atoms with E-state index in [1.165, 1.54) is 5.56 Å². The molecule has 0 radical (unpaired) electrons. The zero-order valence-corrected chi connectivity index (χ0v) is 12.5. The molecule has 110 valence electrons. The molecule has 0 saturated carbocycles. The SMILES string of the molecule is CCCNCc1cc(CN(C)Cc2cnn(C)c2)on1. The van der Waals surface area contributed by atoms with Crippen molar-refractivity contribution in [1.29, 1.82) is 0 Å². The van der Waals surface area contributed by atoms with Gasteiger partial charge in [-0.3, -0.25) is 9.58 Å². The molecule has 0 aliphatic heterocycles. The van der Waals surface area contributed by atoms with Crippen LogP contribution in [0.4, 0.5) is 0 Å². The molecule has 0 amide bonds. The molecule has 1 N–H and O–H groups in total. The molecular formula is C14H23N5O. The average Bonchev–Trinajstić information content (AvgIpc) is 2.99. The Bertz CT molecular complexity index is 519. The van der Waals surface area contributed by atoms with E-state index in [2.05, 4.69) is 34.4 Å². The van der Waals surface area contributed by atoms with Crippen molar-refractivity contribution in [2.45, 2.75) is 33.0 Å². The van der Waals surface area contributed by atoms with Crippen LogP contribution in [0.3, 0.4) is 0 Å². The van der Waals surface area contributed by atoms with Gasteiger partial charge in [-0.2, -0.15) is 5.10 Å². The number of nitrogens with one attached hydrogen (secondary N) is 1. The summed E-state index contributed by atoms with van der Waals surface area (Å²) in [7, 11) is 3.99. The van der Waals surface area contributed by atoms with Crippen molar-refractivity contribution in [1.82, 2.24) is 25.2 Å². The second kappa shape index (κ2) is 7.21. The average molecular weight is 277 g/mol. The van der Waals surface area contributed by atoms with Crippen LogP contribution in [-0.2, 0) is 26.7 Å². The smallest absolute Gasteiger partial charge is 0.151 e. The normalized spacial score (nSPS) is 11.4. The third-order valence-corrected chi connectivity index (χ3v) is 2.98. The highest BCUT2D eigenvalue weighted by atomic mass is 16.5. The molecule has 0 bridgehead atoms. The molecule has 0 aliphatic rings. The van der Waals surface area contributed by atoms with Crippen molar-refractivity contribution < 1.29 is 4.52 Å². The van der Waals surface area contributed by atoms with E-state index in [1.54, 1.807) is 0 Å². The van der Waals surface area contributed by atoms with Gasteiger partial charge in [0, 0.05) is 38.0 Å². The lowest BCUT2D eigenvalue weighted by molar-refractivity contribution is 0.265. The minimum absolute atomic E-state index is 0.746. The maximum atomic E-state index is 5.36. The zero-order chi connectivity index (χ0) is 14.4. The molecule has 0 aromatic carbocycles. The standard InChI is InChI=1S/C14H23N5O/c1-4-5-15-8-13-6-14(20-17-13)11-18(2)9-12-7-16-19(3)10-12/h6-7,10,15H,4-5,8-9,11H2,1-3H3. The summed E-state index contributed by atoms with van der Waals surface area (Å²) in [5.41, 5.74) is 2.16. The van der Waals surface area contributed by atoms with E-state index < -0.39 is 0 Å². The Labute approximate surface area is 119 Å². The van der Waals surface area contributed by atoms with Gasteiger partial charge in [-0.05, 0) is 20.0 Å². The van der Waals surface area contributed by atoms with E-state index in [-0.39, 0.29) is 0 Å². The van der Waals surface area contributed by atoms with Gasteiger partial charge < -0.3 is 9.84 Å². The summed E-state index contributed by atoms with van der Waals surface area (Å²) in [5, 5.41) is 11.6. The summed E-state index contributed by atoms with van der Waals surface area (Å²) in [6.07, 6.45) is 5.03. The highest BCUT2D eigenvalue weighted by molar-refractivity contribution is 5.06. The minimum atomic E-state index is 0.746. The van der Waals surface area contributed by atoms with Crippen molar-refractivity contribution in [2.24, 2.45) is 7.05 Å². The highest BCUT2D eigenvalue weighted by Crippen LogP contribution is 2.09. The summed E-state index contributed by atoms with van der Waals surface area (Å²) in [5.74, 6) is 0.893. The second-order valence-electron chi connectivity index (χ2n) is 5.16. The molecule has 0 unspecified atom stereocenters. The first kappa shape index (κ1) is 14.7. The fourth-order valence-corrected chi connectivity index (χ4v) is 2.09. The lowest BCUT2D eigenvalue weighted by Gasteiger charge is -2.12. The van der Waals surface area contributed by atoms with Crippen LogP contribution >= 0.6 is 0 Å². The Morgan fingerprint density at radius 3 is 2.95 bits per heavy atom. The fraction of sp³-hybridized carbons (Fsp3) is 0.571. The van der Waals surface area contributed by atoms with Crippen molar-refractivity contribution in [3.05, 3.63) is 35.5 Å². The van der Waals surface area contributed by atoms with Crippen molar-refractivity contribution in [3.63, 3.8) is 0 Å². The molecule has 0 atom stereocenters.